The number of carbonyl (C=O) groups excluding carboxylic acids is 3. The maximum absolute atomic E-state index is 13.4. The first-order valence-electron chi connectivity index (χ1n) is 12.0. The van der Waals surface area contributed by atoms with Gasteiger partial charge in [-0.2, -0.15) is 13.2 Å². The molecule has 1 aliphatic rings. The van der Waals surface area contributed by atoms with Gasteiger partial charge in [-0.15, -0.1) is 0 Å². The molecule has 0 saturated carbocycles. The number of nitrogens with one attached hydrogen (secondary N) is 2. The van der Waals surface area contributed by atoms with Crippen molar-refractivity contribution >= 4 is 63.4 Å². The van der Waals surface area contributed by atoms with Crippen LogP contribution in [0.1, 0.15) is 16.7 Å². The number of amides is 3. The second-order valence-electron chi connectivity index (χ2n) is 9.15. The molecule has 0 radical (unpaired) electrons. The van der Waals surface area contributed by atoms with Crippen LogP contribution in [0.5, 0.6) is 0 Å². The minimum Gasteiger partial charge on any atom is -0.337 e. The van der Waals surface area contributed by atoms with E-state index in [1.807, 2.05) is 19.1 Å². The van der Waals surface area contributed by atoms with Gasteiger partial charge in [-0.3, -0.25) is 24.6 Å². The van der Waals surface area contributed by atoms with Crippen LogP contribution in [0.2, 0.25) is 0 Å². The van der Waals surface area contributed by atoms with E-state index in [1.54, 1.807) is 47.2 Å². The number of aryl methyl sites for hydroxylation is 1. The lowest BCUT2D eigenvalue weighted by Gasteiger charge is -2.29. The smallest absolute Gasteiger partial charge is 0.337 e. The molecule has 40 heavy (non-hydrogen) atoms. The van der Waals surface area contributed by atoms with Gasteiger partial charge in [-0.25, -0.2) is 0 Å². The number of nitrogens with zero attached hydrogens (tertiary/aromatic N) is 2. The van der Waals surface area contributed by atoms with Crippen LogP contribution in [-0.4, -0.2) is 27.4 Å². The van der Waals surface area contributed by atoms with Crippen molar-refractivity contribution in [3.05, 3.63) is 101 Å². The second-order valence-corrected chi connectivity index (χ2v) is 9.54. The quantitative estimate of drug-likeness (QED) is 0.193. The van der Waals surface area contributed by atoms with Crippen LogP contribution in [0.15, 0.2) is 84.6 Å². The zero-order valence-electron chi connectivity index (χ0n) is 21.0. The van der Waals surface area contributed by atoms with Crippen molar-refractivity contribution in [1.82, 2.24) is 9.88 Å². The van der Waals surface area contributed by atoms with E-state index in [1.165, 1.54) is 12.1 Å². The number of fused-ring (bicyclic) bond motifs is 1. The Bertz CT molecular complexity index is 1710. The van der Waals surface area contributed by atoms with Crippen molar-refractivity contribution in [3.63, 3.8) is 0 Å². The fourth-order valence-corrected chi connectivity index (χ4v) is 4.66. The molecule has 7 nitrogen and oxygen atoms in total. The molecular weight excluding hydrogens is 541 g/mol. The monoisotopic (exact) mass is 562 g/mol. The number of hydrogen-bond acceptors (Lipinski definition) is 4. The van der Waals surface area contributed by atoms with Gasteiger partial charge in [0.1, 0.15) is 12.1 Å². The van der Waals surface area contributed by atoms with Gasteiger partial charge >= 0.3 is 6.18 Å². The lowest BCUT2D eigenvalue weighted by atomic mass is 10.1. The average molecular weight is 563 g/mol. The van der Waals surface area contributed by atoms with Gasteiger partial charge in [0.05, 0.1) is 11.3 Å². The van der Waals surface area contributed by atoms with E-state index in [0.29, 0.717) is 22.2 Å². The molecule has 0 bridgehead atoms. The molecule has 2 N–H and O–H groups in total. The van der Waals surface area contributed by atoms with E-state index in [2.05, 4.69) is 10.6 Å². The molecule has 3 amide bonds. The maximum Gasteiger partial charge on any atom is 0.416 e. The van der Waals surface area contributed by atoms with Crippen molar-refractivity contribution in [1.29, 1.82) is 0 Å². The third-order valence-corrected chi connectivity index (χ3v) is 6.59. The molecule has 5 rings (SSSR count). The summed E-state index contributed by atoms with van der Waals surface area (Å²) in [6.45, 7) is 1.90. The highest BCUT2D eigenvalue weighted by Crippen LogP contribution is 2.33. The number of rotatable bonds is 5. The summed E-state index contributed by atoms with van der Waals surface area (Å²) in [4.78, 5) is 39.9. The Kier molecular flexibility index (Phi) is 6.99. The van der Waals surface area contributed by atoms with Crippen LogP contribution in [0.25, 0.3) is 17.0 Å². The Morgan fingerprint density at radius 2 is 1.75 bits per heavy atom. The van der Waals surface area contributed by atoms with Crippen molar-refractivity contribution in [2.75, 3.05) is 10.2 Å². The molecule has 1 saturated heterocycles. The molecule has 3 aromatic carbocycles. The molecule has 11 heteroatoms. The molecular formula is C29H21F3N4O3S. The lowest BCUT2D eigenvalue weighted by molar-refractivity contribution is -0.137. The van der Waals surface area contributed by atoms with Gasteiger partial charge in [0.25, 0.3) is 11.8 Å². The van der Waals surface area contributed by atoms with E-state index in [9.17, 15) is 27.6 Å². The van der Waals surface area contributed by atoms with Crippen LogP contribution in [0.4, 0.5) is 24.5 Å². The van der Waals surface area contributed by atoms with Crippen LogP contribution in [0.3, 0.4) is 0 Å². The molecule has 1 aliphatic heterocycles. The highest BCUT2D eigenvalue weighted by molar-refractivity contribution is 7.80. The Morgan fingerprint density at radius 1 is 1.02 bits per heavy atom. The molecule has 1 aromatic heterocycles. The van der Waals surface area contributed by atoms with E-state index in [4.69, 9.17) is 12.2 Å². The fourth-order valence-electron chi connectivity index (χ4n) is 4.38. The van der Waals surface area contributed by atoms with Crippen LogP contribution >= 0.6 is 12.2 Å². The third-order valence-electron chi connectivity index (χ3n) is 6.30. The fraction of sp³-hybridized carbons (Fsp3) is 0.103. The van der Waals surface area contributed by atoms with E-state index >= 15 is 0 Å². The number of thiocarbonyl (C=S) groups is 1. The molecule has 0 unspecified atom stereocenters. The largest absolute Gasteiger partial charge is 0.416 e. The number of alkyl halides is 3. The van der Waals surface area contributed by atoms with Gasteiger partial charge < -0.3 is 9.88 Å². The molecule has 0 spiro atoms. The topological polar surface area (TPSA) is 83.4 Å². The molecule has 4 aromatic rings. The van der Waals surface area contributed by atoms with Gasteiger partial charge in [-0.05, 0) is 61.6 Å². The number of benzene rings is 3. The SMILES string of the molecule is Cc1ccc(NC(=O)Cn2cc(/C=C3\C(=O)NC(=S)N(c4cccc(C(F)(F)F)c4)C3=O)c3ccccc32)cc1. The van der Waals surface area contributed by atoms with Gasteiger partial charge in [0.15, 0.2) is 5.11 Å². The van der Waals surface area contributed by atoms with E-state index < -0.39 is 23.6 Å². The summed E-state index contributed by atoms with van der Waals surface area (Å²) in [5.74, 6) is -1.94. The Morgan fingerprint density at radius 3 is 2.48 bits per heavy atom. The van der Waals surface area contributed by atoms with E-state index in [-0.39, 0.29) is 28.8 Å². The molecule has 1 fully saturated rings. The van der Waals surface area contributed by atoms with Gasteiger partial charge in [0.2, 0.25) is 5.91 Å². The standard InChI is InChI=1S/C29H21F3N4O3S/c1-17-9-11-20(12-10-17)33-25(37)16-35-15-18(22-7-2-3-8-24(22)35)13-23-26(38)34-28(40)36(27(23)39)21-6-4-5-19(14-21)29(30,31)32/h2-15H,16H2,1H3,(H,33,37)(H,34,38,40)/b23-13+. The molecule has 2 heterocycles. The van der Waals surface area contributed by atoms with Crippen molar-refractivity contribution < 1.29 is 27.6 Å². The lowest BCUT2D eigenvalue weighted by Crippen LogP contribution is -2.54. The highest BCUT2D eigenvalue weighted by atomic mass is 32.1. The maximum atomic E-state index is 13.4. The summed E-state index contributed by atoms with van der Waals surface area (Å²) in [6, 6.07) is 18.6. The number of aromatic nitrogens is 1. The van der Waals surface area contributed by atoms with Crippen molar-refractivity contribution in [2.24, 2.45) is 0 Å². The van der Waals surface area contributed by atoms with Crippen LogP contribution in [-0.2, 0) is 27.1 Å². The second kappa shape index (κ2) is 10.4. The number of halogens is 3. The Balaban J connectivity index is 1.48. The van der Waals surface area contributed by atoms with Crippen molar-refractivity contribution in [2.45, 2.75) is 19.6 Å². The molecule has 0 aliphatic carbocycles. The predicted octanol–water partition coefficient (Wildman–Crippen LogP) is 5.44. The number of para-hydroxylation sites is 1. The first kappa shape index (κ1) is 26.8. The first-order valence-corrected chi connectivity index (χ1v) is 12.5. The molecule has 202 valence electrons. The summed E-state index contributed by atoms with van der Waals surface area (Å²) < 4.78 is 41.5. The summed E-state index contributed by atoms with van der Waals surface area (Å²) >= 11 is 5.12. The third kappa shape index (κ3) is 5.36. The van der Waals surface area contributed by atoms with Gasteiger partial charge in [0, 0.05) is 28.4 Å². The summed E-state index contributed by atoms with van der Waals surface area (Å²) in [6.07, 6.45) is -1.66. The van der Waals surface area contributed by atoms with Crippen LogP contribution in [0, 0.1) is 6.92 Å². The van der Waals surface area contributed by atoms with Crippen molar-refractivity contribution in [3.8, 4) is 0 Å². The zero-order chi connectivity index (χ0) is 28.6. The average Bonchev–Trinajstić information content (AvgIpc) is 3.24. The predicted molar refractivity (Wildman–Crippen MR) is 149 cm³/mol. The minimum atomic E-state index is -4.63. The number of anilines is 2. The molecule has 0 atom stereocenters. The Labute approximate surface area is 231 Å². The Hall–Kier alpha value is -4.77. The summed E-state index contributed by atoms with van der Waals surface area (Å²) in [5, 5.41) is 5.55. The van der Waals surface area contributed by atoms with E-state index in [0.717, 1.165) is 28.7 Å². The zero-order valence-corrected chi connectivity index (χ0v) is 21.8. The first-order chi connectivity index (χ1) is 19.0. The minimum absolute atomic E-state index is 0.0435. The number of hydrogen-bond donors (Lipinski definition) is 2. The summed E-state index contributed by atoms with van der Waals surface area (Å²) in [7, 11) is 0. The van der Waals surface area contributed by atoms with Crippen LogP contribution < -0.4 is 15.5 Å². The normalized spacial score (nSPS) is 15.1. The summed E-state index contributed by atoms with van der Waals surface area (Å²) in [5.41, 5.74) is 1.43. The highest BCUT2D eigenvalue weighted by Gasteiger charge is 2.36. The van der Waals surface area contributed by atoms with Gasteiger partial charge in [-0.1, -0.05) is 42.0 Å². The number of carbonyl (C=O) groups is 3.